The van der Waals surface area contributed by atoms with Crippen molar-refractivity contribution >= 4 is 15.9 Å². The van der Waals surface area contributed by atoms with Gasteiger partial charge in [-0.05, 0) is 42.7 Å². The molecule has 1 aliphatic carbocycles. The van der Waals surface area contributed by atoms with Gasteiger partial charge >= 0.3 is 0 Å². The average molecular weight is 473 g/mol. The van der Waals surface area contributed by atoms with Crippen LogP contribution in [0.15, 0.2) is 53.4 Å². The first-order chi connectivity index (χ1) is 15.8. The first-order valence-electron chi connectivity index (χ1n) is 11.2. The van der Waals surface area contributed by atoms with Gasteiger partial charge < -0.3 is 19.5 Å². The van der Waals surface area contributed by atoms with E-state index in [9.17, 15) is 18.3 Å². The first-order valence-corrected chi connectivity index (χ1v) is 12.6. The minimum absolute atomic E-state index is 0.0165. The monoisotopic (exact) mass is 472 g/mol. The Morgan fingerprint density at radius 1 is 1.15 bits per heavy atom. The van der Waals surface area contributed by atoms with Crippen LogP contribution >= 0.6 is 0 Å². The number of carbonyl (C=O) groups is 1. The van der Waals surface area contributed by atoms with E-state index in [0.717, 1.165) is 5.56 Å². The zero-order valence-electron chi connectivity index (χ0n) is 18.5. The van der Waals surface area contributed by atoms with E-state index in [1.165, 1.54) is 4.31 Å². The van der Waals surface area contributed by atoms with Gasteiger partial charge in [-0.2, -0.15) is 4.31 Å². The molecule has 9 heteroatoms. The fourth-order valence-electron chi connectivity index (χ4n) is 4.93. The maximum Gasteiger partial charge on any atom is 0.247 e. The van der Waals surface area contributed by atoms with E-state index in [0.29, 0.717) is 43.9 Å². The van der Waals surface area contributed by atoms with Crippen molar-refractivity contribution in [1.29, 1.82) is 0 Å². The molecular formula is C24H28N2O6S. The molecule has 0 aromatic heterocycles. The second kappa shape index (κ2) is 8.30. The van der Waals surface area contributed by atoms with E-state index >= 15 is 0 Å². The Morgan fingerprint density at radius 2 is 1.88 bits per heavy atom. The van der Waals surface area contributed by atoms with Crippen molar-refractivity contribution in [3.05, 3.63) is 54.1 Å². The highest BCUT2D eigenvalue weighted by Crippen LogP contribution is 2.40. The summed E-state index contributed by atoms with van der Waals surface area (Å²) in [4.78, 5) is 14.8. The van der Waals surface area contributed by atoms with Gasteiger partial charge in [-0.3, -0.25) is 4.79 Å². The lowest BCUT2D eigenvalue weighted by molar-refractivity contribution is -0.142. The molecule has 5 rings (SSSR count). The number of amides is 1. The van der Waals surface area contributed by atoms with Crippen LogP contribution in [0.25, 0.3) is 0 Å². The van der Waals surface area contributed by atoms with E-state index in [1.807, 2.05) is 24.3 Å². The third-order valence-corrected chi connectivity index (χ3v) is 8.70. The van der Waals surface area contributed by atoms with Crippen molar-refractivity contribution in [3.63, 3.8) is 0 Å². The minimum atomic E-state index is -3.81. The summed E-state index contributed by atoms with van der Waals surface area (Å²) in [5.41, 5.74) is 0.00718. The zero-order chi connectivity index (χ0) is 23.2. The molecule has 0 unspecified atom stereocenters. The molecule has 2 aliphatic heterocycles. The lowest BCUT2D eigenvalue weighted by Crippen LogP contribution is -2.50. The number of nitrogens with zero attached hydrogens (tertiary/aromatic N) is 2. The number of hydrogen-bond acceptors (Lipinski definition) is 6. The molecule has 176 valence electrons. The van der Waals surface area contributed by atoms with Gasteiger partial charge in [-0.25, -0.2) is 8.42 Å². The fraction of sp³-hybridized carbons (Fsp3) is 0.458. The number of rotatable bonds is 4. The number of sulfonamides is 1. The van der Waals surface area contributed by atoms with Gasteiger partial charge in [0.2, 0.25) is 15.9 Å². The number of likely N-dealkylation sites (tertiary alicyclic amines) is 1. The van der Waals surface area contributed by atoms with Crippen LogP contribution in [0.4, 0.5) is 0 Å². The van der Waals surface area contributed by atoms with Crippen LogP contribution < -0.4 is 9.47 Å². The fourth-order valence-corrected chi connectivity index (χ4v) is 6.54. The Balaban J connectivity index is 1.45. The predicted octanol–water partition coefficient (Wildman–Crippen LogP) is 2.02. The lowest BCUT2D eigenvalue weighted by atomic mass is 9.81. The molecule has 1 N–H and O–H groups in total. The number of fused-ring (bicyclic) bond motifs is 1. The zero-order valence-corrected chi connectivity index (χ0v) is 19.3. The van der Waals surface area contributed by atoms with Gasteiger partial charge in [-0.1, -0.05) is 24.3 Å². The Kier molecular flexibility index (Phi) is 5.58. The molecular weight excluding hydrogens is 444 g/mol. The summed E-state index contributed by atoms with van der Waals surface area (Å²) in [7, 11) is -2.22. The normalized spacial score (nSPS) is 28.5. The summed E-state index contributed by atoms with van der Waals surface area (Å²) in [6.45, 7) is 1.16. The molecule has 33 heavy (non-hydrogen) atoms. The summed E-state index contributed by atoms with van der Waals surface area (Å²) in [5, 5.41) is 9.59. The molecule has 1 saturated carbocycles. The Labute approximate surface area is 193 Å². The predicted molar refractivity (Wildman–Crippen MR) is 120 cm³/mol. The van der Waals surface area contributed by atoms with Crippen LogP contribution in [0.2, 0.25) is 0 Å². The summed E-state index contributed by atoms with van der Waals surface area (Å²) >= 11 is 0. The standard InChI is InChI=1S/C24H28N2O6S/c1-31-20-8-6-17(7-9-20)14-26-16-24(32-21-4-2-3-5-22(21)33(26,29)30)10-11-25(15-24)23(28)18-12-19(27)13-18/h2-9,18-19,27H,10-16H2,1H3/t18?,19?,24-/m1/s1. The highest BCUT2D eigenvalue weighted by atomic mass is 32.2. The quantitative estimate of drug-likeness (QED) is 0.732. The topological polar surface area (TPSA) is 96.4 Å². The van der Waals surface area contributed by atoms with E-state index < -0.39 is 21.7 Å². The smallest absolute Gasteiger partial charge is 0.247 e. The van der Waals surface area contributed by atoms with Gasteiger partial charge in [-0.15, -0.1) is 0 Å². The van der Waals surface area contributed by atoms with Gasteiger partial charge in [0.15, 0.2) is 0 Å². The number of hydrogen-bond donors (Lipinski definition) is 1. The van der Waals surface area contributed by atoms with E-state index in [4.69, 9.17) is 9.47 Å². The number of aliphatic hydroxyl groups is 1. The van der Waals surface area contributed by atoms with E-state index in [1.54, 1.807) is 36.3 Å². The second-order valence-electron chi connectivity index (χ2n) is 9.18. The van der Waals surface area contributed by atoms with Crippen molar-refractivity contribution in [1.82, 2.24) is 9.21 Å². The van der Waals surface area contributed by atoms with Gasteiger partial charge in [0.25, 0.3) is 0 Å². The Bertz CT molecular complexity index is 1150. The molecule has 1 amide bonds. The van der Waals surface area contributed by atoms with Crippen LogP contribution in [0, 0.1) is 5.92 Å². The van der Waals surface area contributed by atoms with Crippen LogP contribution in [-0.4, -0.2) is 67.1 Å². The van der Waals surface area contributed by atoms with Crippen LogP contribution in [0.5, 0.6) is 11.5 Å². The molecule has 2 aromatic rings. The Morgan fingerprint density at radius 3 is 2.58 bits per heavy atom. The van der Waals surface area contributed by atoms with Crippen molar-refractivity contribution in [2.24, 2.45) is 5.92 Å². The molecule has 3 aliphatic rings. The molecule has 0 radical (unpaired) electrons. The van der Waals surface area contributed by atoms with Gasteiger partial charge in [0.1, 0.15) is 22.0 Å². The molecule has 1 atom stereocenters. The maximum atomic E-state index is 13.6. The van der Waals surface area contributed by atoms with Crippen molar-refractivity contribution in [2.45, 2.75) is 42.4 Å². The second-order valence-corrected chi connectivity index (χ2v) is 11.1. The molecule has 0 bridgehead atoms. The number of carbonyl (C=O) groups excluding carboxylic acids is 1. The summed E-state index contributed by atoms with van der Waals surface area (Å²) in [5.74, 6) is 0.881. The average Bonchev–Trinajstić information content (AvgIpc) is 3.17. The summed E-state index contributed by atoms with van der Waals surface area (Å²) in [6, 6.07) is 14.0. The molecule has 1 saturated heterocycles. The van der Waals surface area contributed by atoms with Crippen LogP contribution in [0.3, 0.4) is 0 Å². The number of para-hydroxylation sites is 1. The molecule has 2 fully saturated rings. The minimum Gasteiger partial charge on any atom is -0.497 e. The number of aliphatic hydroxyl groups excluding tert-OH is 1. The molecule has 1 spiro atoms. The van der Waals surface area contributed by atoms with Crippen LogP contribution in [-0.2, 0) is 21.4 Å². The van der Waals surface area contributed by atoms with E-state index in [-0.39, 0.29) is 29.8 Å². The van der Waals surface area contributed by atoms with Gasteiger partial charge in [0, 0.05) is 25.4 Å². The van der Waals surface area contributed by atoms with Gasteiger partial charge in [0.05, 0.1) is 26.3 Å². The summed E-state index contributed by atoms with van der Waals surface area (Å²) in [6.07, 6.45) is 1.12. The van der Waals surface area contributed by atoms with E-state index in [2.05, 4.69) is 0 Å². The number of methoxy groups -OCH3 is 1. The highest BCUT2D eigenvalue weighted by Gasteiger charge is 2.50. The SMILES string of the molecule is COc1ccc(CN2C[C@]3(CCN(C(=O)C4CC(O)C4)C3)Oc3ccccc3S2(=O)=O)cc1. The third-order valence-electron chi connectivity index (χ3n) is 6.87. The molecule has 2 heterocycles. The van der Waals surface area contributed by atoms with Crippen molar-refractivity contribution in [3.8, 4) is 11.5 Å². The number of ether oxygens (including phenoxy) is 2. The molecule has 8 nitrogen and oxygen atoms in total. The maximum absolute atomic E-state index is 13.6. The third kappa shape index (κ3) is 4.09. The first kappa shape index (κ1) is 22.2. The Hall–Kier alpha value is -2.62. The highest BCUT2D eigenvalue weighted by molar-refractivity contribution is 7.89. The van der Waals surface area contributed by atoms with Crippen LogP contribution in [0.1, 0.15) is 24.8 Å². The van der Waals surface area contributed by atoms with Crippen molar-refractivity contribution in [2.75, 3.05) is 26.7 Å². The summed E-state index contributed by atoms with van der Waals surface area (Å²) < 4.78 is 40.3. The number of benzene rings is 2. The molecule has 2 aromatic carbocycles. The lowest BCUT2D eigenvalue weighted by Gasteiger charge is -2.35. The largest absolute Gasteiger partial charge is 0.497 e. The van der Waals surface area contributed by atoms with Crippen molar-refractivity contribution < 1.29 is 27.8 Å².